The Labute approximate surface area is 402 Å². The number of carbonyl (C=O) groups is 3. The lowest BCUT2D eigenvalue weighted by Gasteiger charge is -2.18. The second kappa shape index (κ2) is 53.5. The zero-order chi connectivity index (χ0) is 47.2. The summed E-state index contributed by atoms with van der Waals surface area (Å²) < 4.78 is 16.8. The molecular formula is C59H102O6. The van der Waals surface area contributed by atoms with Crippen LogP contribution in [-0.4, -0.2) is 37.2 Å². The van der Waals surface area contributed by atoms with Crippen LogP contribution in [-0.2, 0) is 28.6 Å². The molecule has 0 aromatic heterocycles. The first-order chi connectivity index (χ1) is 32.0. The molecule has 0 bridgehead atoms. The highest BCUT2D eigenvalue weighted by Gasteiger charge is 2.19. The Bertz CT molecular complexity index is 1230. The molecule has 0 aromatic rings. The van der Waals surface area contributed by atoms with Crippen LogP contribution in [0.1, 0.15) is 265 Å². The number of unbranched alkanes of at least 4 members (excludes halogenated alkanes) is 26. The number of carbonyl (C=O) groups excluding carboxylic acids is 3. The van der Waals surface area contributed by atoms with Crippen molar-refractivity contribution in [2.75, 3.05) is 13.2 Å². The molecule has 0 aliphatic carbocycles. The van der Waals surface area contributed by atoms with E-state index in [0.29, 0.717) is 12.8 Å². The van der Waals surface area contributed by atoms with E-state index in [4.69, 9.17) is 14.2 Å². The maximum atomic E-state index is 12.8. The van der Waals surface area contributed by atoms with E-state index in [1.54, 1.807) is 0 Å². The first-order valence-corrected chi connectivity index (χ1v) is 27.4. The van der Waals surface area contributed by atoms with Gasteiger partial charge in [-0.15, -0.1) is 0 Å². The highest BCUT2D eigenvalue weighted by atomic mass is 16.6. The number of rotatable bonds is 49. The maximum absolute atomic E-state index is 12.8. The Balaban J connectivity index is 4.43. The second-order valence-corrected chi connectivity index (χ2v) is 18.1. The summed E-state index contributed by atoms with van der Waals surface area (Å²) in [6, 6.07) is 0. The predicted molar refractivity (Wildman–Crippen MR) is 279 cm³/mol. The van der Waals surface area contributed by atoms with E-state index in [-0.39, 0.29) is 37.5 Å². The van der Waals surface area contributed by atoms with Gasteiger partial charge in [0.15, 0.2) is 6.10 Å². The van der Waals surface area contributed by atoms with Gasteiger partial charge in [0.1, 0.15) is 13.2 Å². The molecule has 0 aliphatic rings. The molecule has 0 spiro atoms. The van der Waals surface area contributed by atoms with Crippen molar-refractivity contribution >= 4 is 17.9 Å². The Morgan fingerprint density at radius 2 is 0.569 bits per heavy atom. The average molecular weight is 907 g/mol. The third-order valence-electron chi connectivity index (χ3n) is 11.7. The normalized spacial score (nSPS) is 12.6. The molecule has 6 nitrogen and oxygen atoms in total. The third kappa shape index (κ3) is 51.7. The van der Waals surface area contributed by atoms with Gasteiger partial charge in [-0.3, -0.25) is 14.4 Å². The Morgan fingerprint density at radius 3 is 0.969 bits per heavy atom. The van der Waals surface area contributed by atoms with E-state index in [1.165, 1.54) is 135 Å². The summed E-state index contributed by atoms with van der Waals surface area (Å²) in [5.41, 5.74) is 0. The molecule has 0 heterocycles. The molecule has 0 amide bonds. The minimum Gasteiger partial charge on any atom is -0.462 e. The minimum absolute atomic E-state index is 0.0930. The molecule has 0 saturated carbocycles. The van der Waals surface area contributed by atoms with Crippen LogP contribution in [0.2, 0.25) is 0 Å². The topological polar surface area (TPSA) is 78.9 Å². The van der Waals surface area contributed by atoms with Crippen molar-refractivity contribution in [1.29, 1.82) is 0 Å². The quantitative estimate of drug-likeness (QED) is 0.0262. The largest absolute Gasteiger partial charge is 0.462 e. The predicted octanol–water partition coefficient (Wildman–Crippen LogP) is 18.2. The molecule has 0 radical (unpaired) electrons. The van der Waals surface area contributed by atoms with Crippen LogP contribution in [0, 0.1) is 0 Å². The Hall–Kier alpha value is -3.15. The molecule has 0 fully saturated rings. The molecule has 65 heavy (non-hydrogen) atoms. The summed E-state index contributed by atoms with van der Waals surface area (Å²) >= 11 is 0. The van der Waals surface area contributed by atoms with Gasteiger partial charge in [-0.1, -0.05) is 209 Å². The van der Waals surface area contributed by atoms with E-state index in [2.05, 4.69) is 93.7 Å². The zero-order valence-corrected chi connectivity index (χ0v) is 42.7. The molecule has 374 valence electrons. The summed E-state index contributed by atoms with van der Waals surface area (Å²) in [7, 11) is 0. The van der Waals surface area contributed by atoms with Crippen LogP contribution < -0.4 is 0 Å². The lowest BCUT2D eigenvalue weighted by molar-refractivity contribution is -0.167. The van der Waals surface area contributed by atoms with Gasteiger partial charge in [0.2, 0.25) is 0 Å². The molecule has 0 N–H and O–H groups in total. The van der Waals surface area contributed by atoms with Gasteiger partial charge in [0.25, 0.3) is 0 Å². The van der Waals surface area contributed by atoms with Gasteiger partial charge >= 0.3 is 17.9 Å². The Kier molecular flexibility index (Phi) is 50.9. The minimum atomic E-state index is -0.796. The van der Waals surface area contributed by atoms with Gasteiger partial charge in [-0.25, -0.2) is 0 Å². The Morgan fingerprint density at radius 1 is 0.308 bits per heavy atom. The van der Waals surface area contributed by atoms with Crippen LogP contribution in [0.25, 0.3) is 0 Å². The van der Waals surface area contributed by atoms with E-state index in [1.807, 2.05) is 0 Å². The second-order valence-electron chi connectivity index (χ2n) is 18.1. The maximum Gasteiger partial charge on any atom is 0.306 e. The number of hydrogen-bond acceptors (Lipinski definition) is 6. The summed E-state index contributed by atoms with van der Waals surface area (Å²) in [6.45, 7) is 6.54. The fraction of sp³-hybridized carbons (Fsp3) is 0.746. The van der Waals surface area contributed by atoms with Crippen molar-refractivity contribution in [1.82, 2.24) is 0 Å². The van der Waals surface area contributed by atoms with E-state index < -0.39 is 6.10 Å². The average Bonchev–Trinajstić information content (AvgIpc) is 3.30. The molecule has 6 heteroatoms. The van der Waals surface area contributed by atoms with Crippen LogP contribution in [0.5, 0.6) is 0 Å². The number of ether oxygens (including phenoxy) is 3. The number of esters is 3. The highest BCUT2D eigenvalue weighted by Crippen LogP contribution is 2.14. The van der Waals surface area contributed by atoms with Crippen molar-refractivity contribution in [3.05, 3.63) is 72.9 Å². The smallest absolute Gasteiger partial charge is 0.306 e. The van der Waals surface area contributed by atoms with Gasteiger partial charge in [-0.05, 0) is 109 Å². The standard InChI is InChI=1S/C59H102O6/c1-4-7-10-13-16-19-22-24-26-28-29-31-33-35-38-41-44-47-50-53-59(62)65-56(54-63-57(60)51-48-45-42-39-36-21-18-15-12-9-6-3)55-64-58(61)52-49-46-43-40-37-34-32-30-27-25-23-20-17-14-11-8-5-2/h15-16,18-19,24-27,29,31,35,38,56H,4-14,17,20-23,28,30,32-34,36-37,39-55H2,1-3H3/b18-15-,19-16-,26-24-,27-25-,31-29-,38-35-/t56-/m0/s1. The summed E-state index contributed by atoms with van der Waals surface area (Å²) in [5, 5.41) is 0. The third-order valence-corrected chi connectivity index (χ3v) is 11.7. The van der Waals surface area contributed by atoms with Crippen molar-refractivity contribution in [2.45, 2.75) is 271 Å². The van der Waals surface area contributed by atoms with Crippen molar-refractivity contribution in [3.8, 4) is 0 Å². The van der Waals surface area contributed by atoms with Crippen LogP contribution in [0.4, 0.5) is 0 Å². The fourth-order valence-electron chi connectivity index (χ4n) is 7.46. The van der Waals surface area contributed by atoms with Crippen molar-refractivity contribution in [2.24, 2.45) is 0 Å². The van der Waals surface area contributed by atoms with Gasteiger partial charge < -0.3 is 14.2 Å². The van der Waals surface area contributed by atoms with E-state index >= 15 is 0 Å². The van der Waals surface area contributed by atoms with Crippen LogP contribution in [0.3, 0.4) is 0 Å². The SMILES string of the molecule is CCCC/C=C\CCCCCCCC(=O)OC[C@@H](COC(=O)CCCCCCCCC/C=C\CCCCCCCC)OC(=O)CCCCC/C=C\C/C=C\C/C=C\C/C=C\CCCCC. The van der Waals surface area contributed by atoms with Gasteiger partial charge in [0, 0.05) is 19.3 Å². The van der Waals surface area contributed by atoms with Crippen LogP contribution in [0.15, 0.2) is 72.9 Å². The molecule has 0 aromatic carbocycles. The lowest BCUT2D eigenvalue weighted by Crippen LogP contribution is -2.30. The monoisotopic (exact) mass is 907 g/mol. The number of allylic oxidation sites excluding steroid dienone is 12. The first-order valence-electron chi connectivity index (χ1n) is 27.4. The number of hydrogen-bond donors (Lipinski definition) is 0. The van der Waals surface area contributed by atoms with Gasteiger partial charge in [-0.2, -0.15) is 0 Å². The fourth-order valence-corrected chi connectivity index (χ4v) is 7.46. The summed E-state index contributed by atoms with van der Waals surface area (Å²) in [4.78, 5) is 38.0. The van der Waals surface area contributed by atoms with Gasteiger partial charge in [0.05, 0.1) is 0 Å². The highest BCUT2D eigenvalue weighted by molar-refractivity contribution is 5.71. The molecule has 0 aliphatic heterocycles. The van der Waals surface area contributed by atoms with Crippen molar-refractivity contribution < 1.29 is 28.6 Å². The summed E-state index contributed by atoms with van der Waals surface area (Å²) in [5.74, 6) is -0.935. The molecule has 1 atom stereocenters. The van der Waals surface area contributed by atoms with Crippen molar-refractivity contribution in [3.63, 3.8) is 0 Å². The summed E-state index contributed by atoms with van der Waals surface area (Å²) in [6.07, 6.45) is 67.4. The molecule has 0 unspecified atom stereocenters. The van der Waals surface area contributed by atoms with Crippen LogP contribution >= 0.6 is 0 Å². The molecular weight excluding hydrogens is 805 g/mol. The first kappa shape index (κ1) is 61.9. The van der Waals surface area contributed by atoms with E-state index in [0.717, 1.165) is 89.9 Å². The lowest BCUT2D eigenvalue weighted by atomic mass is 10.1. The molecule has 0 saturated heterocycles. The zero-order valence-electron chi connectivity index (χ0n) is 42.7. The molecule has 0 rings (SSSR count). The van der Waals surface area contributed by atoms with E-state index in [9.17, 15) is 14.4 Å².